The number of carbonyl (C=O) groups is 1. The lowest BCUT2D eigenvalue weighted by Gasteiger charge is -2.34. The van der Waals surface area contributed by atoms with E-state index in [0.717, 1.165) is 18.7 Å². The fraction of sp³-hybridized carbons (Fsp3) is 0.300. The van der Waals surface area contributed by atoms with Crippen molar-refractivity contribution >= 4 is 5.91 Å². The van der Waals surface area contributed by atoms with Crippen LogP contribution < -0.4 is 5.32 Å². The summed E-state index contributed by atoms with van der Waals surface area (Å²) in [6.07, 6.45) is 1.52. The second-order valence-electron chi connectivity index (χ2n) is 6.48. The summed E-state index contributed by atoms with van der Waals surface area (Å²) < 4.78 is 29.2. The molecule has 2 aromatic heterocycles. The Morgan fingerprint density at radius 2 is 1.96 bits per heavy atom. The van der Waals surface area contributed by atoms with Crippen LogP contribution in [0, 0.1) is 5.82 Å². The van der Waals surface area contributed by atoms with E-state index in [1.54, 1.807) is 24.3 Å². The first-order chi connectivity index (χ1) is 13.7. The number of halogens is 1. The lowest BCUT2D eigenvalue weighted by atomic mass is 10.0. The maximum absolute atomic E-state index is 13.3. The van der Waals surface area contributed by atoms with Gasteiger partial charge in [0.1, 0.15) is 5.82 Å². The van der Waals surface area contributed by atoms with Gasteiger partial charge in [0, 0.05) is 25.7 Å². The van der Waals surface area contributed by atoms with E-state index in [0.29, 0.717) is 31.3 Å². The fourth-order valence-corrected chi connectivity index (χ4v) is 3.23. The van der Waals surface area contributed by atoms with E-state index >= 15 is 0 Å². The molecule has 1 fully saturated rings. The van der Waals surface area contributed by atoms with Gasteiger partial charge < -0.3 is 19.0 Å². The average Bonchev–Trinajstić information content (AvgIpc) is 3.42. The van der Waals surface area contributed by atoms with Crippen molar-refractivity contribution in [1.82, 2.24) is 15.4 Å². The molecule has 1 N–H and O–H groups in total. The molecule has 0 saturated carbocycles. The Morgan fingerprint density at radius 3 is 2.68 bits per heavy atom. The lowest BCUT2D eigenvalue weighted by molar-refractivity contribution is 0.0162. The first kappa shape index (κ1) is 18.4. The second kappa shape index (κ2) is 8.37. The molecule has 1 saturated heterocycles. The van der Waals surface area contributed by atoms with E-state index < -0.39 is 0 Å². The Morgan fingerprint density at radius 1 is 1.18 bits per heavy atom. The quantitative estimate of drug-likeness (QED) is 0.703. The topological polar surface area (TPSA) is 80.7 Å². The van der Waals surface area contributed by atoms with E-state index in [4.69, 9.17) is 13.7 Å². The van der Waals surface area contributed by atoms with Crippen LogP contribution in [0.2, 0.25) is 0 Å². The summed E-state index contributed by atoms with van der Waals surface area (Å²) in [5.74, 6) is 0.256. The molecule has 1 aliphatic heterocycles. The number of benzene rings is 1. The van der Waals surface area contributed by atoms with E-state index in [1.807, 2.05) is 0 Å². The monoisotopic (exact) mass is 385 g/mol. The highest BCUT2D eigenvalue weighted by atomic mass is 19.1. The predicted octanol–water partition coefficient (Wildman–Crippen LogP) is 2.88. The molecule has 1 atom stereocenters. The number of aromatic nitrogens is 1. The third-order valence-corrected chi connectivity index (χ3v) is 4.70. The maximum atomic E-state index is 13.3. The largest absolute Gasteiger partial charge is 0.461 e. The molecule has 1 aliphatic rings. The number of rotatable bonds is 6. The summed E-state index contributed by atoms with van der Waals surface area (Å²) in [6, 6.07) is 11.2. The van der Waals surface area contributed by atoms with E-state index in [9.17, 15) is 9.18 Å². The van der Waals surface area contributed by atoms with Crippen molar-refractivity contribution in [2.45, 2.75) is 6.04 Å². The van der Waals surface area contributed by atoms with Crippen LogP contribution in [0.5, 0.6) is 0 Å². The normalized spacial score (nSPS) is 16.0. The van der Waals surface area contributed by atoms with Gasteiger partial charge in [0.25, 0.3) is 5.91 Å². The fourth-order valence-electron chi connectivity index (χ4n) is 3.23. The van der Waals surface area contributed by atoms with Gasteiger partial charge in [-0.2, -0.15) is 0 Å². The van der Waals surface area contributed by atoms with Crippen LogP contribution in [0.4, 0.5) is 4.39 Å². The smallest absolute Gasteiger partial charge is 0.273 e. The lowest BCUT2D eigenvalue weighted by Crippen LogP contribution is -2.43. The summed E-state index contributed by atoms with van der Waals surface area (Å²) in [5, 5.41) is 6.72. The van der Waals surface area contributed by atoms with Gasteiger partial charge in [0.05, 0.1) is 25.5 Å². The Hall–Kier alpha value is -2.97. The number of hydrogen-bond acceptors (Lipinski definition) is 6. The van der Waals surface area contributed by atoms with E-state index in [1.165, 1.54) is 24.5 Å². The molecule has 7 nitrogen and oxygen atoms in total. The average molecular weight is 385 g/mol. The highest BCUT2D eigenvalue weighted by Crippen LogP contribution is 2.23. The molecular weight excluding hydrogens is 365 g/mol. The number of hydrogen-bond donors (Lipinski definition) is 1. The molecule has 1 unspecified atom stereocenters. The predicted molar refractivity (Wildman–Crippen MR) is 98.1 cm³/mol. The molecule has 8 heteroatoms. The molecule has 3 heterocycles. The number of amides is 1. The van der Waals surface area contributed by atoms with Crippen molar-refractivity contribution in [3.8, 4) is 11.5 Å². The zero-order valence-corrected chi connectivity index (χ0v) is 15.1. The number of ether oxygens (including phenoxy) is 1. The standard InChI is InChI=1S/C20H20FN3O4/c21-15-5-3-14(4-6-15)17(24-7-10-26-11-8-24)13-22-20(25)16-12-19(28-23-16)18-2-1-9-27-18/h1-6,9,12,17H,7-8,10-11,13H2,(H,22,25). The van der Waals surface area contributed by atoms with Crippen molar-refractivity contribution in [3.63, 3.8) is 0 Å². The van der Waals surface area contributed by atoms with Gasteiger partial charge in [-0.15, -0.1) is 0 Å². The molecule has 1 amide bonds. The highest BCUT2D eigenvalue weighted by molar-refractivity contribution is 5.92. The highest BCUT2D eigenvalue weighted by Gasteiger charge is 2.24. The minimum absolute atomic E-state index is 0.0927. The number of carbonyl (C=O) groups excluding carboxylic acids is 1. The zero-order valence-electron chi connectivity index (χ0n) is 15.1. The summed E-state index contributed by atoms with van der Waals surface area (Å²) in [7, 11) is 0. The third kappa shape index (κ3) is 4.13. The number of nitrogens with one attached hydrogen (secondary N) is 1. The first-order valence-corrected chi connectivity index (χ1v) is 9.07. The summed E-state index contributed by atoms with van der Waals surface area (Å²) in [4.78, 5) is 14.7. The Kier molecular flexibility index (Phi) is 5.50. The van der Waals surface area contributed by atoms with Crippen LogP contribution in [-0.2, 0) is 4.74 Å². The Bertz CT molecular complexity index is 902. The van der Waals surface area contributed by atoms with Crippen LogP contribution in [0.25, 0.3) is 11.5 Å². The van der Waals surface area contributed by atoms with Crippen LogP contribution >= 0.6 is 0 Å². The molecule has 0 spiro atoms. The molecule has 28 heavy (non-hydrogen) atoms. The summed E-state index contributed by atoms with van der Waals surface area (Å²) in [5.41, 5.74) is 1.10. The van der Waals surface area contributed by atoms with E-state index in [2.05, 4.69) is 15.4 Å². The van der Waals surface area contributed by atoms with Crippen LogP contribution in [0.1, 0.15) is 22.1 Å². The van der Waals surface area contributed by atoms with Gasteiger partial charge >= 0.3 is 0 Å². The van der Waals surface area contributed by atoms with Crippen LogP contribution in [0.15, 0.2) is 57.7 Å². The number of furan rings is 1. The molecule has 146 valence electrons. The van der Waals surface area contributed by atoms with Crippen LogP contribution in [-0.4, -0.2) is 48.8 Å². The van der Waals surface area contributed by atoms with Crippen molar-refractivity contribution < 1.29 is 22.9 Å². The minimum atomic E-state index is -0.345. The van der Waals surface area contributed by atoms with Gasteiger partial charge in [0.15, 0.2) is 11.5 Å². The van der Waals surface area contributed by atoms with Crippen molar-refractivity contribution in [2.24, 2.45) is 0 Å². The van der Waals surface area contributed by atoms with Gasteiger partial charge in [0.2, 0.25) is 5.76 Å². The van der Waals surface area contributed by atoms with Gasteiger partial charge in [-0.1, -0.05) is 17.3 Å². The molecule has 0 aliphatic carbocycles. The van der Waals surface area contributed by atoms with Crippen molar-refractivity contribution in [3.05, 3.63) is 65.8 Å². The van der Waals surface area contributed by atoms with Gasteiger partial charge in [-0.25, -0.2) is 4.39 Å². The minimum Gasteiger partial charge on any atom is -0.461 e. The van der Waals surface area contributed by atoms with Crippen molar-refractivity contribution in [1.29, 1.82) is 0 Å². The molecule has 3 aromatic rings. The molecular formula is C20H20FN3O4. The molecule has 1 aromatic carbocycles. The van der Waals surface area contributed by atoms with Gasteiger partial charge in [-0.05, 0) is 29.8 Å². The van der Waals surface area contributed by atoms with Crippen LogP contribution in [0.3, 0.4) is 0 Å². The summed E-state index contributed by atoms with van der Waals surface area (Å²) >= 11 is 0. The molecule has 4 rings (SSSR count). The zero-order chi connectivity index (χ0) is 19.3. The van der Waals surface area contributed by atoms with Crippen molar-refractivity contribution in [2.75, 3.05) is 32.8 Å². The number of morpholine rings is 1. The summed E-state index contributed by atoms with van der Waals surface area (Å²) in [6.45, 7) is 3.09. The van der Waals surface area contributed by atoms with Gasteiger partial charge in [-0.3, -0.25) is 9.69 Å². The second-order valence-corrected chi connectivity index (χ2v) is 6.48. The SMILES string of the molecule is O=C(NCC(c1ccc(F)cc1)N1CCOCC1)c1cc(-c2ccco2)on1. The maximum Gasteiger partial charge on any atom is 0.273 e. The molecule has 0 radical (unpaired) electrons. The third-order valence-electron chi connectivity index (χ3n) is 4.70. The van der Waals surface area contributed by atoms with E-state index in [-0.39, 0.29) is 23.5 Å². The first-order valence-electron chi connectivity index (χ1n) is 9.07. The molecule has 0 bridgehead atoms. The number of nitrogens with zero attached hydrogens (tertiary/aromatic N) is 2. The Balaban J connectivity index is 1.46. The Labute approximate surface area is 161 Å².